The van der Waals surface area contributed by atoms with Gasteiger partial charge < -0.3 is 50.9 Å². The Labute approximate surface area is 350 Å². The maximum absolute atomic E-state index is 12.7. The Kier molecular flexibility index (Phi) is 20.2. The fourth-order valence-corrected chi connectivity index (χ4v) is 9.41. The Morgan fingerprint density at radius 1 is 1.00 bits per heavy atom. The van der Waals surface area contributed by atoms with E-state index in [0.29, 0.717) is 5.75 Å². The summed E-state index contributed by atoms with van der Waals surface area (Å²) in [6, 6.07) is 0. The third kappa shape index (κ3) is 16.7. The Bertz CT molecular complexity index is 1890. The van der Waals surface area contributed by atoms with E-state index in [2.05, 4.69) is 41.3 Å². The van der Waals surface area contributed by atoms with Crippen LogP contribution in [-0.2, 0) is 50.7 Å². The molecule has 1 aliphatic rings. The van der Waals surface area contributed by atoms with Gasteiger partial charge >= 0.3 is 23.5 Å². The number of phosphoric ester groups is 3. The smallest absolute Gasteiger partial charge is 0.386 e. The number of amides is 2. The summed E-state index contributed by atoms with van der Waals surface area (Å²) >= 11 is 1.15. The van der Waals surface area contributed by atoms with Crippen LogP contribution in [0.25, 0.3) is 11.2 Å². The molecule has 8 atom stereocenters. The third-order valence-electron chi connectivity index (χ3n) is 9.14. The molecule has 0 spiro atoms. The van der Waals surface area contributed by atoms with E-state index in [-0.39, 0.29) is 47.5 Å². The van der Waals surface area contributed by atoms with Crippen LogP contribution in [0.4, 0.5) is 5.82 Å². The van der Waals surface area contributed by atoms with E-state index >= 15 is 0 Å². The second-order valence-electron chi connectivity index (χ2n) is 14.7. The quantitative estimate of drug-likeness (QED) is 0.0457. The lowest BCUT2D eigenvalue weighted by atomic mass is 9.87. The predicted molar refractivity (Wildman–Crippen MR) is 214 cm³/mol. The highest BCUT2D eigenvalue weighted by Crippen LogP contribution is 2.61. The zero-order chi connectivity index (χ0) is 44.9. The number of aromatic nitrogens is 4. The first kappa shape index (κ1) is 51.9. The van der Waals surface area contributed by atoms with Crippen molar-refractivity contribution in [2.24, 2.45) is 11.3 Å². The van der Waals surface area contributed by atoms with Crippen LogP contribution in [-0.4, -0.2) is 123 Å². The molecule has 0 bridgehead atoms. The van der Waals surface area contributed by atoms with Crippen molar-refractivity contribution in [2.45, 2.75) is 110 Å². The van der Waals surface area contributed by atoms with Crippen LogP contribution in [0, 0.1) is 11.3 Å². The molecule has 3 heterocycles. The zero-order valence-corrected chi connectivity index (χ0v) is 37.1. The number of rotatable bonds is 27. The number of aliphatic hydroxyl groups excluding tert-OH is 2. The summed E-state index contributed by atoms with van der Waals surface area (Å²) in [4.78, 5) is 88.3. The lowest BCUT2D eigenvalue weighted by Crippen LogP contribution is -2.46. The number of nitrogens with zero attached hydrogens (tertiary/aromatic N) is 4. The number of nitrogens with one attached hydrogen (secondary N) is 2. The summed E-state index contributed by atoms with van der Waals surface area (Å²) in [6.45, 7) is 4.62. The number of fused-ring (bicyclic) bond motifs is 1. The average molecular weight is 936 g/mol. The van der Waals surface area contributed by atoms with Crippen LogP contribution in [0.1, 0.15) is 85.3 Å². The van der Waals surface area contributed by atoms with Crippen LogP contribution in [0.15, 0.2) is 12.7 Å². The highest BCUT2D eigenvalue weighted by molar-refractivity contribution is 8.13. The molecule has 1 fully saturated rings. The van der Waals surface area contributed by atoms with E-state index in [4.69, 9.17) is 19.5 Å². The number of nitrogen functional groups attached to an aromatic ring is 1. The normalized spacial score (nSPS) is 21.6. The number of unbranched alkanes of at least 4 members (excludes halogenated alkanes) is 5. The van der Waals surface area contributed by atoms with Gasteiger partial charge in [-0.3, -0.25) is 32.5 Å². The first-order valence-corrected chi connectivity index (χ1v) is 24.5. The van der Waals surface area contributed by atoms with Crippen molar-refractivity contribution in [3.8, 4) is 0 Å². The molecule has 2 aromatic heterocycles. The lowest BCUT2D eigenvalue weighted by molar-refractivity contribution is -0.137. The molecule has 1 saturated heterocycles. The Morgan fingerprint density at radius 2 is 1.67 bits per heavy atom. The van der Waals surface area contributed by atoms with E-state index in [9.17, 15) is 57.9 Å². The monoisotopic (exact) mass is 935 g/mol. The van der Waals surface area contributed by atoms with Gasteiger partial charge in [0.05, 0.1) is 19.5 Å². The molecule has 60 heavy (non-hydrogen) atoms. The van der Waals surface area contributed by atoms with Gasteiger partial charge in [0.25, 0.3) is 0 Å². The summed E-state index contributed by atoms with van der Waals surface area (Å²) in [5, 5.41) is 26.6. The van der Waals surface area contributed by atoms with Gasteiger partial charge in [-0.25, -0.2) is 28.6 Å². The van der Waals surface area contributed by atoms with Crippen LogP contribution in [0.2, 0.25) is 0 Å². The van der Waals surface area contributed by atoms with E-state index in [1.807, 2.05) is 6.92 Å². The number of anilines is 1. The molecule has 1 aliphatic heterocycles. The number of hydrogen-bond acceptors (Lipinski definition) is 18. The van der Waals surface area contributed by atoms with Crippen LogP contribution < -0.4 is 16.4 Å². The van der Waals surface area contributed by atoms with Crippen LogP contribution >= 0.6 is 35.2 Å². The molecule has 2 amide bonds. The van der Waals surface area contributed by atoms with E-state index in [1.54, 1.807) is 0 Å². The summed E-state index contributed by atoms with van der Waals surface area (Å²) < 4.78 is 62.3. The number of phosphoric acid groups is 3. The third-order valence-corrected chi connectivity index (χ3v) is 13.3. The van der Waals surface area contributed by atoms with Crippen molar-refractivity contribution in [1.82, 2.24) is 30.2 Å². The maximum Gasteiger partial charge on any atom is 0.481 e. The Morgan fingerprint density at radius 3 is 2.35 bits per heavy atom. The standard InChI is InChI=1S/C32H56N7O17P3S/c1-5-6-7-8-9-10-11-20(2)31(44)60-15-14-34-22(40)12-13-35-29(43)26(42)32(3,4)17-53-59(50,51)56-58(48,49)52-16-21-25(55-57(45,46)47)24(41)30(54-21)39-19-38-23-27(33)36-18-37-28(23)39/h18-21,24-26,30,41-42H,5-17H2,1-4H3,(H,34,40)(H,35,43)(H,48,49)(H,50,51)(H2,33,36,37)(H2,45,46,47)/t20-,21+,24+,25+,26-,30+/m0/s1. The first-order valence-electron chi connectivity index (χ1n) is 19.0. The van der Waals surface area contributed by atoms with E-state index < -0.39 is 84.6 Å². The Hall–Kier alpha value is -2.44. The van der Waals surface area contributed by atoms with Crippen molar-refractivity contribution >= 4 is 69.1 Å². The molecule has 2 unspecified atom stereocenters. The van der Waals surface area contributed by atoms with Gasteiger partial charge in [0.1, 0.15) is 36.3 Å². The van der Waals surface area contributed by atoms with Crippen molar-refractivity contribution in [1.29, 1.82) is 0 Å². The maximum atomic E-state index is 12.7. The summed E-state index contributed by atoms with van der Waals surface area (Å²) in [7, 11) is -16.4. The van der Waals surface area contributed by atoms with Gasteiger partial charge in [0.15, 0.2) is 22.8 Å². The molecule has 0 aromatic carbocycles. The molecule has 0 aliphatic carbocycles. The largest absolute Gasteiger partial charge is 0.481 e. The van der Waals surface area contributed by atoms with E-state index in [1.165, 1.54) is 39.5 Å². The number of imidazole rings is 1. The van der Waals surface area contributed by atoms with E-state index in [0.717, 1.165) is 48.2 Å². The van der Waals surface area contributed by atoms with Crippen molar-refractivity contribution in [2.75, 3.05) is 37.8 Å². The molecule has 10 N–H and O–H groups in total. The number of carbonyl (C=O) groups excluding carboxylic acids is 3. The van der Waals surface area contributed by atoms with Gasteiger partial charge in [-0.2, -0.15) is 4.31 Å². The highest BCUT2D eigenvalue weighted by atomic mass is 32.2. The molecule has 24 nitrogen and oxygen atoms in total. The topological polar surface area (TPSA) is 364 Å². The molecular formula is C32H56N7O17P3S. The van der Waals surface area contributed by atoms with Crippen molar-refractivity contribution in [3.05, 3.63) is 12.7 Å². The second-order valence-corrected chi connectivity index (χ2v) is 20.0. The van der Waals surface area contributed by atoms with Gasteiger partial charge in [-0.05, 0) is 6.42 Å². The van der Waals surface area contributed by atoms with Crippen LogP contribution in [0.3, 0.4) is 0 Å². The lowest BCUT2D eigenvalue weighted by Gasteiger charge is -2.30. The number of hydrogen-bond donors (Lipinski definition) is 9. The second kappa shape index (κ2) is 23.3. The minimum absolute atomic E-state index is 0.0327. The molecule has 0 saturated carbocycles. The number of thioether (sulfide) groups is 1. The minimum atomic E-state index is -5.57. The molecular weight excluding hydrogens is 879 g/mol. The number of nitrogens with two attached hydrogens (primary N) is 1. The fraction of sp³-hybridized carbons (Fsp3) is 0.750. The van der Waals surface area contributed by atoms with Crippen molar-refractivity contribution < 1.29 is 80.5 Å². The molecule has 2 aromatic rings. The van der Waals surface area contributed by atoms with Crippen LogP contribution in [0.5, 0.6) is 0 Å². The number of carbonyl (C=O) groups is 3. The first-order chi connectivity index (χ1) is 28.0. The van der Waals surface area contributed by atoms with Gasteiger partial charge in [-0.1, -0.05) is 78.0 Å². The molecule has 28 heteroatoms. The van der Waals surface area contributed by atoms with Gasteiger partial charge in [0.2, 0.25) is 11.8 Å². The zero-order valence-electron chi connectivity index (χ0n) is 33.6. The summed E-state index contributed by atoms with van der Waals surface area (Å²) in [5.41, 5.74) is 4.28. The predicted octanol–water partition coefficient (Wildman–Crippen LogP) is 2.05. The van der Waals surface area contributed by atoms with Gasteiger partial charge in [-0.15, -0.1) is 0 Å². The molecule has 342 valence electrons. The SMILES string of the molecule is CCCCCCCC[C@H](C)C(=O)SCCNC(=O)CCNC(=O)[C@H](O)C(C)(C)COP(=O)(O)OP(=O)(O)OC[C@H]1O[C@@H](n2cnc3c(N)ncnc32)[C@H](O)[C@@H]1OP(=O)(O)O. The number of aliphatic hydroxyl groups is 2. The van der Waals surface area contributed by atoms with Crippen molar-refractivity contribution in [3.63, 3.8) is 0 Å². The highest BCUT2D eigenvalue weighted by Gasteiger charge is 2.50. The molecule has 0 radical (unpaired) electrons. The molecule has 3 rings (SSSR count). The summed E-state index contributed by atoms with van der Waals surface area (Å²) in [5.74, 6) is -1.12. The van der Waals surface area contributed by atoms with Gasteiger partial charge in [0, 0.05) is 36.6 Å². The minimum Gasteiger partial charge on any atom is -0.386 e. The fourth-order valence-electron chi connectivity index (χ4n) is 5.77. The Balaban J connectivity index is 1.42. The summed E-state index contributed by atoms with van der Waals surface area (Å²) in [6.07, 6.45) is 0.805. The average Bonchev–Trinajstić information content (AvgIpc) is 3.72. The number of ether oxygens (including phenoxy) is 1.